The van der Waals surface area contributed by atoms with Crippen molar-refractivity contribution in [3.8, 4) is 0 Å². The van der Waals surface area contributed by atoms with Crippen molar-refractivity contribution < 1.29 is 9.59 Å². The largest absolute Gasteiger partial charge is 0.353 e. The van der Waals surface area contributed by atoms with E-state index in [1.54, 1.807) is 25.1 Å². The van der Waals surface area contributed by atoms with Crippen molar-refractivity contribution in [2.75, 3.05) is 27.2 Å². The number of piperazine rings is 1. The van der Waals surface area contributed by atoms with E-state index in [2.05, 4.69) is 15.2 Å². The molecule has 3 rings (SSSR count). The Morgan fingerprint density at radius 1 is 1.42 bits per heavy atom. The zero-order chi connectivity index (χ0) is 18.7. The van der Waals surface area contributed by atoms with Gasteiger partial charge >= 0.3 is 0 Å². The summed E-state index contributed by atoms with van der Waals surface area (Å²) in [7, 11) is 3.47. The van der Waals surface area contributed by atoms with Crippen LogP contribution in [0.5, 0.6) is 0 Å². The average molecular weight is 393 g/mol. The van der Waals surface area contributed by atoms with Crippen LogP contribution in [0.1, 0.15) is 22.3 Å². The van der Waals surface area contributed by atoms with Crippen molar-refractivity contribution in [3.63, 3.8) is 0 Å². The highest BCUT2D eigenvalue weighted by atomic mass is 35.5. The maximum atomic E-state index is 12.5. The Labute approximate surface area is 161 Å². The minimum absolute atomic E-state index is 0.0252. The molecular weight excluding hydrogens is 372 g/mol. The van der Waals surface area contributed by atoms with E-state index >= 15 is 0 Å². The third-order valence-corrected chi connectivity index (χ3v) is 5.52. The molecule has 1 saturated heterocycles. The van der Waals surface area contributed by atoms with Gasteiger partial charge in [0.05, 0.1) is 12.1 Å². The van der Waals surface area contributed by atoms with Gasteiger partial charge in [0.1, 0.15) is 11.0 Å². The minimum Gasteiger partial charge on any atom is -0.353 e. The molecule has 0 saturated carbocycles. The number of hydrogen-bond acceptors (Lipinski definition) is 5. The van der Waals surface area contributed by atoms with Crippen LogP contribution in [0.4, 0.5) is 0 Å². The molecule has 138 valence electrons. The van der Waals surface area contributed by atoms with Gasteiger partial charge in [0.25, 0.3) is 0 Å². The summed E-state index contributed by atoms with van der Waals surface area (Å²) in [6, 6.07) is 6.98. The second-order valence-corrected chi connectivity index (χ2v) is 7.73. The zero-order valence-electron chi connectivity index (χ0n) is 14.7. The number of thiazole rings is 1. The molecule has 1 unspecified atom stereocenters. The number of carbonyl (C=O) groups excluding carboxylic acids is 2. The van der Waals surface area contributed by atoms with Gasteiger partial charge in [0.15, 0.2) is 0 Å². The smallest absolute Gasteiger partial charge is 0.242 e. The Kier molecular flexibility index (Phi) is 5.90. The first-order valence-electron chi connectivity index (χ1n) is 8.35. The van der Waals surface area contributed by atoms with E-state index in [-0.39, 0.29) is 11.8 Å². The molecule has 2 heterocycles. The third-order valence-electron chi connectivity index (χ3n) is 4.28. The molecule has 26 heavy (non-hydrogen) atoms. The van der Waals surface area contributed by atoms with Gasteiger partial charge in [0.2, 0.25) is 11.8 Å². The number of halogens is 1. The zero-order valence-corrected chi connectivity index (χ0v) is 16.3. The van der Waals surface area contributed by atoms with Gasteiger partial charge in [-0.25, -0.2) is 4.98 Å². The summed E-state index contributed by atoms with van der Waals surface area (Å²) in [5, 5.41) is 6.23. The second-order valence-electron chi connectivity index (χ2n) is 6.38. The van der Waals surface area contributed by atoms with Crippen LogP contribution >= 0.6 is 22.9 Å². The quantitative estimate of drug-likeness (QED) is 0.846. The molecule has 0 aliphatic carbocycles. The van der Waals surface area contributed by atoms with Crippen LogP contribution in [0, 0.1) is 0 Å². The lowest BCUT2D eigenvalue weighted by molar-refractivity contribution is -0.129. The second kappa shape index (κ2) is 8.16. The van der Waals surface area contributed by atoms with Crippen LogP contribution in [-0.2, 0) is 22.6 Å². The topological polar surface area (TPSA) is 65.5 Å². The number of likely N-dealkylation sites (N-methyl/N-ethyl adjacent to an activating group) is 1. The molecule has 1 N–H and O–H groups in total. The van der Waals surface area contributed by atoms with Gasteiger partial charge < -0.3 is 10.2 Å². The van der Waals surface area contributed by atoms with Crippen LogP contribution in [0.2, 0.25) is 5.02 Å². The third kappa shape index (κ3) is 4.23. The Hall–Kier alpha value is -1.96. The number of benzene rings is 1. The number of nitrogens with zero attached hydrogens (tertiary/aromatic N) is 3. The van der Waals surface area contributed by atoms with Crippen molar-refractivity contribution in [3.05, 3.63) is 50.9 Å². The fourth-order valence-electron chi connectivity index (χ4n) is 2.92. The standard InChI is InChI=1S/C18H21ClN4O2S/c1-22(2)16(24)9-15-21-12(11-26-15)10-23-8-7-20-18(25)17(23)13-5-3-4-6-14(13)19/h3-6,11,17H,7-10H2,1-2H3,(H,20,25). The maximum absolute atomic E-state index is 12.5. The van der Waals surface area contributed by atoms with Crippen molar-refractivity contribution >= 4 is 34.8 Å². The number of rotatable bonds is 5. The maximum Gasteiger partial charge on any atom is 0.242 e. The van der Waals surface area contributed by atoms with E-state index < -0.39 is 6.04 Å². The van der Waals surface area contributed by atoms with E-state index in [0.717, 1.165) is 16.3 Å². The molecule has 1 fully saturated rings. The highest BCUT2D eigenvalue weighted by Gasteiger charge is 2.32. The summed E-state index contributed by atoms with van der Waals surface area (Å²) >= 11 is 7.79. The van der Waals surface area contributed by atoms with Gasteiger partial charge in [-0.1, -0.05) is 29.8 Å². The molecule has 6 nitrogen and oxygen atoms in total. The lowest BCUT2D eigenvalue weighted by Crippen LogP contribution is -2.49. The summed E-state index contributed by atoms with van der Waals surface area (Å²) < 4.78 is 0. The lowest BCUT2D eigenvalue weighted by Gasteiger charge is -2.35. The molecule has 2 aromatic rings. The highest BCUT2D eigenvalue weighted by molar-refractivity contribution is 7.09. The van der Waals surface area contributed by atoms with E-state index in [1.807, 2.05) is 23.6 Å². The highest BCUT2D eigenvalue weighted by Crippen LogP contribution is 2.30. The Morgan fingerprint density at radius 3 is 2.92 bits per heavy atom. The predicted molar refractivity (Wildman–Crippen MR) is 102 cm³/mol. The van der Waals surface area contributed by atoms with Crippen LogP contribution in [0.15, 0.2) is 29.6 Å². The lowest BCUT2D eigenvalue weighted by atomic mass is 10.0. The summed E-state index contributed by atoms with van der Waals surface area (Å²) in [5.41, 5.74) is 1.66. The van der Waals surface area contributed by atoms with Gasteiger partial charge in [-0.05, 0) is 11.6 Å². The summed E-state index contributed by atoms with van der Waals surface area (Å²) in [6.07, 6.45) is 0.298. The molecule has 1 aromatic carbocycles. The molecule has 1 aromatic heterocycles. The molecule has 1 aliphatic heterocycles. The SMILES string of the molecule is CN(C)C(=O)Cc1nc(CN2CCNC(=O)C2c2ccccc2Cl)cs1. The number of nitrogens with one attached hydrogen (secondary N) is 1. The number of aromatic nitrogens is 1. The first-order valence-corrected chi connectivity index (χ1v) is 9.61. The first kappa shape index (κ1) is 18.8. The molecule has 8 heteroatoms. The predicted octanol–water partition coefficient (Wildman–Crippen LogP) is 2.10. The van der Waals surface area contributed by atoms with Crippen LogP contribution in [-0.4, -0.2) is 53.8 Å². The molecule has 1 aliphatic rings. The van der Waals surface area contributed by atoms with Crippen molar-refractivity contribution in [1.29, 1.82) is 0 Å². The first-order chi connectivity index (χ1) is 12.5. The van der Waals surface area contributed by atoms with E-state index in [9.17, 15) is 9.59 Å². The number of carbonyl (C=O) groups is 2. The monoisotopic (exact) mass is 392 g/mol. The number of hydrogen-bond donors (Lipinski definition) is 1. The van der Waals surface area contributed by atoms with Gasteiger partial charge in [-0.2, -0.15) is 0 Å². The van der Waals surface area contributed by atoms with Crippen LogP contribution in [0.25, 0.3) is 0 Å². The Balaban J connectivity index is 1.77. The van der Waals surface area contributed by atoms with Crippen LogP contribution in [0.3, 0.4) is 0 Å². The van der Waals surface area contributed by atoms with Crippen LogP contribution < -0.4 is 5.32 Å². The average Bonchev–Trinajstić information content (AvgIpc) is 3.03. The molecule has 0 bridgehead atoms. The van der Waals surface area contributed by atoms with E-state index in [4.69, 9.17) is 11.6 Å². The van der Waals surface area contributed by atoms with Crippen molar-refractivity contribution in [2.24, 2.45) is 0 Å². The summed E-state index contributed by atoms with van der Waals surface area (Å²) in [4.78, 5) is 32.5. The van der Waals surface area contributed by atoms with Gasteiger partial charge in [-0.3, -0.25) is 14.5 Å². The van der Waals surface area contributed by atoms with E-state index in [1.165, 1.54) is 11.3 Å². The molecule has 0 radical (unpaired) electrons. The fraction of sp³-hybridized carbons (Fsp3) is 0.389. The Bertz CT molecular complexity index is 808. The molecular formula is C18H21ClN4O2S. The normalized spacial score (nSPS) is 17.8. The minimum atomic E-state index is -0.439. The molecule has 2 amide bonds. The Morgan fingerprint density at radius 2 is 2.19 bits per heavy atom. The fourth-order valence-corrected chi connectivity index (χ4v) is 3.93. The number of amides is 2. The molecule has 0 spiro atoms. The summed E-state index contributed by atoms with van der Waals surface area (Å²) in [5.74, 6) is -0.0280. The van der Waals surface area contributed by atoms with Gasteiger partial charge in [-0.15, -0.1) is 11.3 Å². The summed E-state index contributed by atoms with van der Waals surface area (Å²) in [6.45, 7) is 1.84. The molecule has 1 atom stereocenters. The van der Waals surface area contributed by atoms with Crippen molar-refractivity contribution in [1.82, 2.24) is 20.1 Å². The van der Waals surface area contributed by atoms with Crippen molar-refractivity contribution in [2.45, 2.75) is 19.0 Å². The van der Waals surface area contributed by atoms with E-state index in [0.29, 0.717) is 31.1 Å². The van der Waals surface area contributed by atoms with Gasteiger partial charge in [0, 0.05) is 44.1 Å².